The summed E-state index contributed by atoms with van der Waals surface area (Å²) in [6.07, 6.45) is 0. The van der Waals surface area contributed by atoms with E-state index in [4.69, 9.17) is 0 Å². The molecule has 0 spiro atoms. The Bertz CT molecular complexity index is 1050. The van der Waals surface area contributed by atoms with E-state index in [9.17, 15) is 8.42 Å². The molecule has 0 aliphatic carbocycles. The van der Waals surface area contributed by atoms with E-state index < -0.39 is 10.0 Å². The summed E-state index contributed by atoms with van der Waals surface area (Å²) in [5.41, 5.74) is 4.47. The second-order valence-electron chi connectivity index (χ2n) is 6.91. The lowest BCUT2D eigenvalue weighted by Crippen LogP contribution is -2.25. The first-order valence-corrected chi connectivity index (χ1v) is 11.2. The van der Waals surface area contributed by atoms with Gasteiger partial charge in [-0.25, -0.2) is 18.1 Å². The normalized spacial score (nSPS) is 11.9. The molecular formula is C21H24N2O2S2. The number of hydrogen-bond donors (Lipinski definition) is 1. The standard InChI is InChI=1S/C21H24N2O2S2/c1-14(2)19-10-9-17(20-13-26-16(4)23-20)11-21(19)27(24,25)22-12-18-8-6-5-7-15(18)3/h5-11,13-14,22H,12H2,1-4H3. The van der Waals surface area contributed by atoms with Crippen LogP contribution < -0.4 is 4.72 Å². The molecule has 0 saturated heterocycles. The van der Waals surface area contributed by atoms with Gasteiger partial charge in [0.15, 0.2) is 0 Å². The molecule has 27 heavy (non-hydrogen) atoms. The zero-order valence-corrected chi connectivity index (χ0v) is 17.6. The van der Waals surface area contributed by atoms with Gasteiger partial charge in [-0.2, -0.15) is 0 Å². The third-order valence-corrected chi connectivity index (χ3v) is 6.78. The molecule has 0 bridgehead atoms. The first-order valence-electron chi connectivity index (χ1n) is 8.88. The molecule has 4 nitrogen and oxygen atoms in total. The number of benzene rings is 2. The van der Waals surface area contributed by atoms with Gasteiger partial charge in [0.05, 0.1) is 15.6 Å². The van der Waals surface area contributed by atoms with Crippen LogP contribution >= 0.6 is 11.3 Å². The maximum Gasteiger partial charge on any atom is 0.241 e. The van der Waals surface area contributed by atoms with Crippen LogP contribution in [0.3, 0.4) is 0 Å². The predicted octanol–water partition coefficient (Wildman–Crippen LogP) is 5.03. The number of nitrogens with one attached hydrogen (secondary N) is 1. The first kappa shape index (κ1) is 19.7. The minimum atomic E-state index is -3.65. The van der Waals surface area contributed by atoms with Crippen molar-refractivity contribution in [2.45, 2.75) is 45.1 Å². The maximum atomic E-state index is 13.1. The molecule has 1 heterocycles. The highest BCUT2D eigenvalue weighted by molar-refractivity contribution is 7.89. The van der Waals surface area contributed by atoms with E-state index in [0.717, 1.165) is 33.0 Å². The van der Waals surface area contributed by atoms with Crippen LogP contribution in [0.2, 0.25) is 0 Å². The fourth-order valence-corrected chi connectivity index (χ4v) is 4.98. The van der Waals surface area contributed by atoms with E-state index in [2.05, 4.69) is 9.71 Å². The molecule has 0 aliphatic heterocycles. The number of sulfonamides is 1. The molecular weight excluding hydrogens is 376 g/mol. The van der Waals surface area contributed by atoms with Crippen LogP contribution in [-0.2, 0) is 16.6 Å². The SMILES string of the molecule is Cc1nc(-c2ccc(C(C)C)c(S(=O)(=O)NCc3ccccc3C)c2)cs1. The lowest BCUT2D eigenvalue weighted by atomic mass is 10.0. The van der Waals surface area contributed by atoms with Gasteiger partial charge in [0.2, 0.25) is 10.0 Å². The van der Waals surface area contributed by atoms with Crippen molar-refractivity contribution in [3.8, 4) is 11.3 Å². The average molecular weight is 401 g/mol. The summed E-state index contributed by atoms with van der Waals surface area (Å²) in [7, 11) is -3.65. The Morgan fingerprint density at radius 1 is 1.11 bits per heavy atom. The van der Waals surface area contributed by atoms with Crippen LogP contribution in [0.5, 0.6) is 0 Å². The topological polar surface area (TPSA) is 59.1 Å². The molecule has 0 aliphatic rings. The minimum Gasteiger partial charge on any atom is -0.242 e. The van der Waals surface area contributed by atoms with Gasteiger partial charge in [0.25, 0.3) is 0 Å². The maximum absolute atomic E-state index is 13.1. The van der Waals surface area contributed by atoms with Crippen molar-refractivity contribution in [3.05, 3.63) is 69.5 Å². The molecule has 0 amide bonds. The lowest BCUT2D eigenvalue weighted by molar-refractivity contribution is 0.579. The number of hydrogen-bond acceptors (Lipinski definition) is 4. The van der Waals surface area contributed by atoms with Gasteiger partial charge in [-0.1, -0.05) is 50.2 Å². The van der Waals surface area contributed by atoms with E-state index in [0.29, 0.717) is 4.90 Å². The number of thiazole rings is 1. The van der Waals surface area contributed by atoms with Crippen LogP contribution in [0.15, 0.2) is 52.7 Å². The zero-order chi connectivity index (χ0) is 19.6. The molecule has 3 rings (SSSR count). The zero-order valence-electron chi connectivity index (χ0n) is 16.0. The highest BCUT2D eigenvalue weighted by Crippen LogP contribution is 2.30. The highest BCUT2D eigenvalue weighted by atomic mass is 32.2. The quantitative estimate of drug-likeness (QED) is 0.631. The number of aryl methyl sites for hydroxylation is 2. The second-order valence-corrected chi connectivity index (χ2v) is 9.71. The van der Waals surface area contributed by atoms with E-state index in [-0.39, 0.29) is 12.5 Å². The van der Waals surface area contributed by atoms with E-state index in [1.54, 1.807) is 17.4 Å². The largest absolute Gasteiger partial charge is 0.242 e. The summed E-state index contributed by atoms with van der Waals surface area (Å²) in [4.78, 5) is 4.82. The third kappa shape index (κ3) is 4.46. The molecule has 3 aromatic rings. The summed E-state index contributed by atoms with van der Waals surface area (Å²) in [6.45, 7) is 8.20. The number of rotatable bonds is 6. The average Bonchev–Trinajstić information content (AvgIpc) is 3.07. The van der Waals surface area contributed by atoms with Crippen LogP contribution in [-0.4, -0.2) is 13.4 Å². The lowest BCUT2D eigenvalue weighted by Gasteiger charge is -2.16. The van der Waals surface area contributed by atoms with Crippen molar-refractivity contribution in [2.75, 3.05) is 0 Å². The van der Waals surface area contributed by atoms with Crippen LogP contribution in [0.4, 0.5) is 0 Å². The molecule has 0 radical (unpaired) electrons. The summed E-state index contributed by atoms with van der Waals surface area (Å²) in [6, 6.07) is 13.4. The fraction of sp³-hybridized carbons (Fsp3) is 0.286. The second kappa shape index (κ2) is 7.92. The molecule has 6 heteroatoms. The van der Waals surface area contributed by atoms with Gasteiger partial charge in [-0.3, -0.25) is 0 Å². The Morgan fingerprint density at radius 2 is 1.85 bits per heavy atom. The Labute approximate surface area is 165 Å². The van der Waals surface area contributed by atoms with Crippen molar-refractivity contribution < 1.29 is 8.42 Å². The Balaban J connectivity index is 1.98. The number of nitrogens with zero attached hydrogens (tertiary/aromatic N) is 1. The summed E-state index contributed by atoms with van der Waals surface area (Å²) >= 11 is 1.56. The van der Waals surface area contributed by atoms with Gasteiger partial charge >= 0.3 is 0 Å². The summed E-state index contributed by atoms with van der Waals surface area (Å²) < 4.78 is 29.0. The first-order chi connectivity index (χ1) is 12.8. The molecule has 0 saturated carbocycles. The van der Waals surface area contributed by atoms with Crippen LogP contribution in [0, 0.1) is 13.8 Å². The van der Waals surface area contributed by atoms with Gasteiger partial charge < -0.3 is 0 Å². The van der Waals surface area contributed by atoms with Crippen LogP contribution in [0.25, 0.3) is 11.3 Å². The molecule has 0 atom stereocenters. The molecule has 0 unspecified atom stereocenters. The van der Waals surface area contributed by atoms with Crippen LogP contribution in [0.1, 0.15) is 41.5 Å². The van der Waals surface area contributed by atoms with E-state index in [1.807, 2.05) is 69.5 Å². The van der Waals surface area contributed by atoms with Gasteiger partial charge in [-0.05, 0) is 42.5 Å². The summed E-state index contributed by atoms with van der Waals surface area (Å²) in [5.74, 6) is 0.0984. The monoisotopic (exact) mass is 400 g/mol. The third-order valence-electron chi connectivity index (χ3n) is 4.55. The van der Waals surface area contributed by atoms with Gasteiger partial charge in [0.1, 0.15) is 0 Å². The Morgan fingerprint density at radius 3 is 2.48 bits per heavy atom. The molecule has 0 fully saturated rings. The summed E-state index contributed by atoms with van der Waals surface area (Å²) in [5, 5.41) is 2.91. The van der Waals surface area contributed by atoms with E-state index in [1.165, 1.54) is 0 Å². The predicted molar refractivity (Wildman–Crippen MR) is 112 cm³/mol. The minimum absolute atomic E-state index is 0.0984. The van der Waals surface area contributed by atoms with Gasteiger partial charge in [-0.15, -0.1) is 11.3 Å². The van der Waals surface area contributed by atoms with E-state index >= 15 is 0 Å². The smallest absolute Gasteiger partial charge is 0.241 e. The molecule has 1 aromatic heterocycles. The van der Waals surface area contributed by atoms with Crippen molar-refractivity contribution in [1.29, 1.82) is 0 Å². The van der Waals surface area contributed by atoms with Crippen molar-refractivity contribution in [2.24, 2.45) is 0 Å². The molecule has 142 valence electrons. The molecule has 1 N–H and O–H groups in total. The highest BCUT2D eigenvalue weighted by Gasteiger charge is 2.21. The Kier molecular flexibility index (Phi) is 5.79. The van der Waals surface area contributed by atoms with Crippen molar-refractivity contribution in [1.82, 2.24) is 9.71 Å². The Hall–Kier alpha value is -2.02. The van der Waals surface area contributed by atoms with Crippen molar-refractivity contribution in [3.63, 3.8) is 0 Å². The molecule has 2 aromatic carbocycles. The fourth-order valence-electron chi connectivity index (χ4n) is 2.96. The van der Waals surface area contributed by atoms with Crippen molar-refractivity contribution >= 4 is 21.4 Å². The van der Waals surface area contributed by atoms with Gasteiger partial charge in [0, 0.05) is 17.5 Å². The number of aromatic nitrogens is 1.